The number of carbonyl (C=O) groups is 1. The van der Waals surface area contributed by atoms with Gasteiger partial charge in [-0.2, -0.15) is 17.0 Å². The summed E-state index contributed by atoms with van der Waals surface area (Å²) in [5.74, 6) is 1.32. The number of hydrogen-bond acceptors (Lipinski definition) is 5. The third-order valence-corrected chi connectivity index (χ3v) is 3.02. The Balaban J connectivity index is 2.02. The van der Waals surface area contributed by atoms with Gasteiger partial charge in [0.2, 0.25) is 11.8 Å². The molecule has 0 fully saturated rings. The van der Waals surface area contributed by atoms with Crippen LogP contribution in [0.25, 0.3) is 0 Å². The predicted octanol–water partition coefficient (Wildman–Crippen LogP) is 3.05. The van der Waals surface area contributed by atoms with Gasteiger partial charge in [0, 0.05) is 11.8 Å². The molecule has 106 valence electrons. The van der Waals surface area contributed by atoms with E-state index >= 15 is 0 Å². The van der Waals surface area contributed by atoms with Gasteiger partial charge in [0.1, 0.15) is 17.5 Å². The van der Waals surface area contributed by atoms with E-state index in [4.69, 9.17) is 10.00 Å². The number of hydrogen-bond donors (Lipinski definition) is 1. The van der Waals surface area contributed by atoms with E-state index in [1.54, 1.807) is 42.5 Å². The van der Waals surface area contributed by atoms with Crippen LogP contribution in [0.4, 0.5) is 5.69 Å². The van der Waals surface area contributed by atoms with E-state index in [-0.39, 0.29) is 5.91 Å². The molecule has 0 saturated heterocycles. The molecular weight excluding hydrogens is 286 g/mol. The third kappa shape index (κ3) is 4.51. The zero-order valence-electron chi connectivity index (χ0n) is 11.4. The number of amides is 1. The second-order valence-electron chi connectivity index (χ2n) is 4.08. The Morgan fingerprint density at radius 3 is 2.76 bits per heavy atom. The number of nitrogens with one attached hydrogen (secondary N) is 1. The zero-order chi connectivity index (χ0) is 15.1. The Morgan fingerprint density at radius 1 is 1.33 bits per heavy atom. The normalized spacial score (nSPS) is 9.71. The quantitative estimate of drug-likeness (QED) is 0.918. The van der Waals surface area contributed by atoms with Crippen molar-refractivity contribution in [2.75, 3.05) is 17.3 Å². The average Bonchev–Trinajstić information content (AvgIpc) is 2.50. The number of ether oxygens (including phenoxy) is 1. The molecule has 6 heteroatoms. The Kier molecular flexibility index (Phi) is 5.18. The highest BCUT2D eigenvalue weighted by molar-refractivity contribution is 7.99. The van der Waals surface area contributed by atoms with Crippen molar-refractivity contribution in [2.24, 2.45) is 0 Å². The van der Waals surface area contributed by atoms with Gasteiger partial charge in [-0.1, -0.05) is 6.07 Å². The molecule has 2 rings (SSSR count). The van der Waals surface area contributed by atoms with Gasteiger partial charge in [0.15, 0.2) is 0 Å². The molecule has 1 aromatic carbocycles. The van der Waals surface area contributed by atoms with E-state index in [1.807, 2.05) is 12.3 Å². The summed E-state index contributed by atoms with van der Waals surface area (Å²) in [6.45, 7) is 0. The molecule has 0 bridgehead atoms. The number of anilines is 1. The van der Waals surface area contributed by atoms with E-state index in [0.29, 0.717) is 28.8 Å². The highest BCUT2D eigenvalue weighted by Crippen LogP contribution is 2.21. The average molecular weight is 299 g/mol. The molecular formula is C15H13N3O2S. The highest BCUT2D eigenvalue weighted by Gasteiger charge is 2.03. The SMILES string of the molecule is CSCC(=O)Nc1ccc(Oc2cccc(C#N)n2)cc1. The maximum Gasteiger partial charge on any atom is 0.234 e. The molecule has 0 unspecified atom stereocenters. The largest absolute Gasteiger partial charge is 0.439 e. The summed E-state index contributed by atoms with van der Waals surface area (Å²) in [5.41, 5.74) is 1.01. The predicted molar refractivity (Wildman–Crippen MR) is 82.5 cm³/mol. The summed E-state index contributed by atoms with van der Waals surface area (Å²) < 4.78 is 5.55. The summed E-state index contributed by atoms with van der Waals surface area (Å²) in [4.78, 5) is 15.5. The molecule has 2 aromatic rings. The Bertz CT molecular complexity index is 665. The van der Waals surface area contributed by atoms with Crippen LogP contribution in [0.5, 0.6) is 11.6 Å². The first kappa shape index (κ1) is 14.9. The molecule has 1 aromatic heterocycles. The molecule has 0 spiro atoms. The second kappa shape index (κ2) is 7.31. The van der Waals surface area contributed by atoms with E-state index in [9.17, 15) is 4.79 Å². The second-order valence-corrected chi connectivity index (χ2v) is 4.95. The minimum atomic E-state index is -0.0421. The minimum Gasteiger partial charge on any atom is -0.439 e. The molecule has 5 nitrogen and oxygen atoms in total. The lowest BCUT2D eigenvalue weighted by Gasteiger charge is -2.07. The number of thioether (sulfide) groups is 1. The Morgan fingerprint density at radius 2 is 2.10 bits per heavy atom. The van der Waals surface area contributed by atoms with Crippen molar-refractivity contribution in [1.82, 2.24) is 4.98 Å². The number of nitrogens with zero attached hydrogens (tertiary/aromatic N) is 2. The fraction of sp³-hybridized carbons (Fsp3) is 0.133. The van der Waals surface area contributed by atoms with Crippen LogP contribution in [0.3, 0.4) is 0 Å². The lowest BCUT2D eigenvalue weighted by atomic mass is 10.3. The van der Waals surface area contributed by atoms with E-state index in [1.165, 1.54) is 11.8 Å². The summed E-state index contributed by atoms with van der Waals surface area (Å²) in [6, 6.07) is 13.9. The Hall–Kier alpha value is -2.52. The van der Waals surface area contributed by atoms with Crippen molar-refractivity contribution in [1.29, 1.82) is 5.26 Å². The molecule has 1 amide bonds. The lowest BCUT2D eigenvalue weighted by Crippen LogP contribution is -2.13. The highest BCUT2D eigenvalue weighted by atomic mass is 32.2. The molecule has 0 aliphatic heterocycles. The van der Waals surface area contributed by atoms with Crippen molar-refractivity contribution in [3.63, 3.8) is 0 Å². The van der Waals surface area contributed by atoms with Crippen LogP contribution in [-0.2, 0) is 4.79 Å². The molecule has 0 saturated carbocycles. The molecule has 0 atom stereocenters. The van der Waals surface area contributed by atoms with Crippen molar-refractivity contribution < 1.29 is 9.53 Å². The fourth-order valence-electron chi connectivity index (χ4n) is 1.59. The first-order valence-corrected chi connectivity index (χ1v) is 7.54. The van der Waals surface area contributed by atoms with Crippen LogP contribution >= 0.6 is 11.8 Å². The lowest BCUT2D eigenvalue weighted by molar-refractivity contribution is -0.113. The van der Waals surface area contributed by atoms with Gasteiger partial charge < -0.3 is 10.1 Å². The van der Waals surface area contributed by atoms with Crippen molar-refractivity contribution in [2.45, 2.75) is 0 Å². The summed E-state index contributed by atoms with van der Waals surface area (Å²) >= 11 is 1.47. The van der Waals surface area contributed by atoms with Crippen LogP contribution in [0, 0.1) is 11.3 Å². The molecule has 1 heterocycles. The molecule has 0 aliphatic carbocycles. The monoisotopic (exact) mass is 299 g/mol. The fourth-order valence-corrected chi connectivity index (χ4v) is 1.92. The topological polar surface area (TPSA) is 75.0 Å². The molecule has 21 heavy (non-hydrogen) atoms. The minimum absolute atomic E-state index is 0.0421. The van der Waals surface area contributed by atoms with Gasteiger partial charge >= 0.3 is 0 Å². The van der Waals surface area contributed by atoms with Crippen LogP contribution in [-0.4, -0.2) is 22.9 Å². The van der Waals surface area contributed by atoms with Gasteiger partial charge in [-0.3, -0.25) is 4.79 Å². The summed E-state index contributed by atoms with van der Waals surface area (Å²) in [7, 11) is 0. The number of nitriles is 1. The standard InChI is InChI=1S/C15H13N3O2S/c1-21-10-14(19)17-11-5-7-13(8-6-11)20-15-4-2-3-12(9-16)18-15/h2-8H,10H2,1H3,(H,17,19). The first-order chi connectivity index (χ1) is 10.2. The maximum atomic E-state index is 11.5. The van der Waals surface area contributed by atoms with Crippen molar-refractivity contribution in [3.8, 4) is 17.7 Å². The summed E-state index contributed by atoms with van der Waals surface area (Å²) in [6.07, 6.45) is 1.87. The van der Waals surface area contributed by atoms with Crippen LogP contribution in [0.1, 0.15) is 5.69 Å². The third-order valence-electron chi connectivity index (χ3n) is 2.47. The number of carbonyl (C=O) groups excluding carboxylic acids is 1. The molecule has 0 aliphatic rings. The Labute approximate surface area is 127 Å². The smallest absolute Gasteiger partial charge is 0.234 e. The number of benzene rings is 1. The van der Waals surface area contributed by atoms with Gasteiger partial charge in [0.05, 0.1) is 5.75 Å². The molecule has 0 radical (unpaired) electrons. The van der Waals surface area contributed by atoms with E-state index < -0.39 is 0 Å². The van der Waals surface area contributed by atoms with E-state index in [2.05, 4.69) is 10.3 Å². The van der Waals surface area contributed by atoms with Crippen molar-refractivity contribution >= 4 is 23.4 Å². The maximum absolute atomic E-state index is 11.5. The van der Waals surface area contributed by atoms with Gasteiger partial charge in [-0.15, -0.1) is 0 Å². The van der Waals surface area contributed by atoms with Gasteiger partial charge in [0.25, 0.3) is 0 Å². The number of aromatic nitrogens is 1. The van der Waals surface area contributed by atoms with Crippen LogP contribution in [0.2, 0.25) is 0 Å². The van der Waals surface area contributed by atoms with Gasteiger partial charge in [-0.05, 0) is 36.6 Å². The van der Waals surface area contributed by atoms with E-state index in [0.717, 1.165) is 0 Å². The number of rotatable bonds is 5. The number of pyridine rings is 1. The molecule has 1 N–H and O–H groups in total. The van der Waals surface area contributed by atoms with Crippen LogP contribution < -0.4 is 10.1 Å². The van der Waals surface area contributed by atoms with Crippen LogP contribution in [0.15, 0.2) is 42.5 Å². The summed E-state index contributed by atoms with van der Waals surface area (Å²) in [5, 5.41) is 11.6. The van der Waals surface area contributed by atoms with Gasteiger partial charge in [-0.25, -0.2) is 4.98 Å². The zero-order valence-corrected chi connectivity index (χ0v) is 12.2. The first-order valence-electron chi connectivity index (χ1n) is 6.15. The van der Waals surface area contributed by atoms with Crippen molar-refractivity contribution in [3.05, 3.63) is 48.2 Å².